The van der Waals surface area contributed by atoms with Gasteiger partial charge >= 0.3 is 6.18 Å². The molecule has 0 saturated carbocycles. The van der Waals surface area contributed by atoms with E-state index < -0.39 is 22.4 Å². The van der Waals surface area contributed by atoms with Gasteiger partial charge in [0.15, 0.2) is 0 Å². The first kappa shape index (κ1) is 13.6. The quantitative estimate of drug-likeness (QED) is 0.518. The van der Waals surface area contributed by atoms with Gasteiger partial charge in [-0.05, 0) is 12.1 Å². The first-order valence-electron chi connectivity index (χ1n) is 4.51. The van der Waals surface area contributed by atoms with Gasteiger partial charge in [0.05, 0.1) is 10.5 Å². The minimum absolute atomic E-state index is 0.0173. The van der Waals surface area contributed by atoms with E-state index in [1.54, 1.807) is 0 Å². The second-order valence-corrected chi connectivity index (χ2v) is 3.48. The van der Waals surface area contributed by atoms with Crippen molar-refractivity contribution in [3.8, 4) is 0 Å². The molecule has 0 amide bonds. The summed E-state index contributed by atoms with van der Waals surface area (Å²) in [7, 11) is 0. The molecule has 94 valence electrons. The second kappa shape index (κ2) is 5.22. The van der Waals surface area contributed by atoms with E-state index in [0.717, 1.165) is 12.1 Å². The first-order valence-corrected chi connectivity index (χ1v) is 5.05. The first-order chi connectivity index (χ1) is 7.86. The van der Waals surface area contributed by atoms with Gasteiger partial charge in [0.2, 0.25) is 0 Å². The summed E-state index contributed by atoms with van der Waals surface area (Å²) in [5, 5.41) is 13.2. The van der Waals surface area contributed by atoms with Crippen LogP contribution in [0.1, 0.15) is 5.56 Å². The molecule has 0 unspecified atom stereocenters. The lowest BCUT2D eigenvalue weighted by Gasteiger charge is -2.09. The highest BCUT2D eigenvalue weighted by Gasteiger charge is 2.32. The Balaban J connectivity index is 3.13. The molecule has 1 aromatic carbocycles. The van der Waals surface area contributed by atoms with Crippen LogP contribution in [0.5, 0.6) is 0 Å². The zero-order chi connectivity index (χ0) is 13.1. The molecule has 0 aliphatic rings. The summed E-state index contributed by atoms with van der Waals surface area (Å²) in [5.41, 5.74) is -1.66. The van der Waals surface area contributed by atoms with Crippen molar-refractivity contribution < 1.29 is 18.1 Å². The highest BCUT2D eigenvalue weighted by atomic mass is 35.5. The molecule has 0 radical (unpaired) electrons. The number of nitrogens with zero attached hydrogens (tertiary/aromatic N) is 1. The second-order valence-electron chi connectivity index (χ2n) is 3.10. The fourth-order valence-electron chi connectivity index (χ4n) is 1.19. The molecule has 0 bridgehead atoms. The van der Waals surface area contributed by atoms with Crippen LogP contribution in [0.25, 0.3) is 0 Å². The van der Waals surface area contributed by atoms with E-state index in [-0.39, 0.29) is 18.1 Å². The lowest BCUT2D eigenvalue weighted by atomic mass is 10.1. The molecule has 0 spiro atoms. The molecule has 0 heterocycles. The van der Waals surface area contributed by atoms with Gasteiger partial charge in [-0.15, -0.1) is 11.6 Å². The molecule has 1 aromatic rings. The Morgan fingerprint density at radius 1 is 1.41 bits per heavy atom. The van der Waals surface area contributed by atoms with E-state index in [9.17, 15) is 23.3 Å². The monoisotopic (exact) mass is 268 g/mol. The Kier molecular flexibility index (Phi) is 4.17. The highest BCUT2D eigenvalue weighted by molar-refractivity contribution is 6.18. The normalized spacial score (nSPS) is 11.3. The van der Waals surface area contributed by atoms with E-state index in [0.29, 0.717) is 6.07 Å². The largest absolute Gasteiger partial charge is 0.416 e. The predicted octanol–water partition coefficient (Wildman–Crippen LogP) is 3.26. The van der Waals surface area contributed by atoms with Crippen molar-refractivity contribution in [1.29, 1.82) is 0 Å². The van der Waals surface area contributed by atoms with Crippen LogP contribution in [0.4, 0.5) is 24.5 Å². The number of anilines is 1. The molecule has 4 nitrogen and oxygen atoms in total. The van der Waals surface area contributed by atoms with Gasteiger partial charge in [-0.2, -0.15) is 13.2 Å². The molecule has 0 aliphatic heterocycles. The third-order valence-corrected chi connectivity index (χ3v) is 2.12. The summed E-state index contributed by atoms with van der Waals surface area (Å²) in [4.78, 5) is 9.76. The maximum absolute atomic E-state index is 12.4. The molecule has 0 fully saturated rings. The Morgan fingerprint density at radius 3 is 2.53 bits per heavy atom. The molecule has 0 atom stereocenters. The third-order valence-electron chi connectivity index (χ3n) is 1.93. The average molecular weight is 269 g/mol. The van der Waals surface area contributed by atoms with Crippen LogP contribution < -0.4 is 5.32 Å². The topological polar surface area (TPSA) is 55.2 Å². The molecular formula is C9H8ClF3N2O2. The standard InChI is InChI=1S/C9H8ClF3N2O2/c10-3-4-14-7-2-1-6(9(11,12)13)5-8(7)15(16)17/h1-2,5,14H,3-4H2. The number of benzene rings is 1. The minimum Gasteiger partial charge on any atom is -0.378 e. The van der Waals surface area contributed by atoms with Crippen molar-refractivity contribution >= 4 is 23.0 Å². The number of nitrogens with one attached hydrogen (secondary N) is 1. The van der Waals surface area contributed by atoms with E-state index in [4.69, 9.17) is 11.6 Å². The number of halogens is 4. The zero-order valence-electron chi connectivity index (χ0n) is 8.42. The molecule has 0 saturated heterocycles. The van der Waals surface area contributed by atoms with Gasteiger partial charge in [-0.3, -0.25) is 10.1 Å². The Morgan fingerprint density at radius 2 is 2.06 bits per heavy atom. The van der Waals surface area contributed by atoms with Crippen LogP contribution in [0.3, 0.4) is 0 Å². The van der Waals surface area contributed by atoms with Crippen LogP contribution in [-0.4, -0.2) is 17.3 Å². The molecule has 17 heavy (non-hydrogen) atoms. The summed E-state index contributed by atoms with van der Waals surface area (Å²) < 4.78 is 37.1. The fourth-order valence-corrected chi connectivity index (χ4v) is 1.28. The molecule has 0 aromatic heterocycles. The number of nitro benzene ring substituents is 1. The van der Waals surface area contributed by atoms with Crippen LogP contribution in [-0.2, 0) is 6.18 Å². The van der Waals surface area contributed by atoms with Gasteiger partial charge in [0.1, 0.15) is 5.69 Å². The van der Waals surface area contributed by atoms with E-state index >= 15 is 0 Å². The van der Waals surface area contributed by atoms with E-state index in [1.165, 1.54) is 0 Å². The van der Waals surface area contributed by atoms with Crippen LogP contribution in [0, 0.1) is 10.1 Å². The Bertz CT molecular complexity index is 423. The van der Waals surface area contributed by atoms with Crippen LogP contribution in [0.2, 0.25) is 0 Å². The van der Waals surface area contributed by atoms with Gasteiger partial charge in [0, 0.05) is 18.5 Å². The van der Waals surface area contributed by atoms with E-state index in [1.807, 2.05) is 0 Å². The number of hydrogen-bond acceptors (Lipinski definition) is 3. The van der Waals surface area contributed by atoms with Crippen molar-refractivity contribution in [1.82, 2.24) is 0 Å². The van der Waals surface area contributed by atoms with Gasteiger partial charge in [-0.1, -0.05) is 0 Å². The molecule has 1 N–H and O–H groups in total. The lowest BCUT2D eigenvalue weighted by Crippen LogP contribution is -2.09. The number of hydrogen-bond donors (Lipinski definition) is 1. The van der Waals surface area contributed by atoms with Crippen molar-refractivity contribution in [2.75, 3.05) is 17.7 Å². The molecule has 8 heteroatoms. The van der Waals surface area contributed by atoms with Crippen molar-refractivity contribution in [3.63, 3.8) is 0 Å². The SMILES string of the molecule is O=[N+]([O-])c1cc(C(F)(F)F)ccc1NCCCl. The van der Waals surface area contributed by atoms with Crippen molar-refractivity contribution in [3.05, 3.63) is 33.9 Å². The predicted molar refractivity (Wildman–Crippen MR) is 57.3 cm³/mol. The zero-order valence-corrected chi connectivity index (χ0v) is 9.18. The number of rotatable bonds is 4. The minimum atomic E-state index is -4.60. The number of nitro groups is 1. The maximum atomic E-state index is 12.4. The van der Waals surface area contributed by atoms with Gasteiger partial charge in [-0.25, -0.2) is 0 Å². The Hall–Kier alpha value is -1.50. The summed E-state index contributed by atoms with van der Waals surface area (Å²) in [6.45, 7) is 0.230. The third kappa shape index (κ3) is 3.48. The number of alkyl halides is 4. The Labute approximate surface area is 99.5 Å². The smallest absolute Gasteiger partial charge is 0.378 e. The molecule has 1 rings (SSSR count). The van der Waals surface area contributed by atoms with E-state index in [2.05, 4.69) is 5.32 Å². The summed E-state index contributed by atoms with van der Waals surface area (Å²) in [6, 6.07) is 2.30. The summed E-state index contributed by atoms with van der Waals surface area (Å²) in [6.07, 6.45) is -4.60. The fraction of sp³-hybridized carbons (Fsp3) is 0.333. The summed E-state index contributed by atoms with van der Waals surface area (Å²) in [5.74, 6) is 0.193. The van der Waals surface area contributed by atoms with Crippen LogP contribution >= 0.6 is 11.6 Å². The van der Waals surface area contributed by atoms with Gasteiger partial charge < -0.3 is 5.32 Å². The van der Waals surface area contributed by atoms with Crippen molar-refractivity contribution in [2.24, 2.45) is 0 Å². The molecular weight excluding hydrogens is 261 g/mol. The van der Waals surface area contributed by atoms with Crippen LogP contribution in [0.15, 0.2) is 18.2 Å². The van der Waals surface area contributed by atoms with Crippen molar-refractivity contribution in [2.45, 2.75) is 6.18 Å². The average Bonchev–Trinajstić information content (AvgIpc) is 2.24. The molecule has 0 aliphatic carbocycles. The van der Waals surface area contributed by atoms with Gasteiger partial charge in [0.25, 0.3) is 5.69 Å². The summed E-state index contributed by atoms with van der Waals surface area (Å²) >= 11 is 5.37. The lowest BCUT2D eigenvalue weighted by molar-refractivity contribution is -0.384. The highest BCUT2D eigenvalue weighted by Crippen LogP contribution is 2.34. The maximum Gasteiger partial charge on any atom is 0.416 e.